The van der Waals surface area contributed by atoms with E-state index in [-0.39, 0.29) is 22.9 Å². The molecular weight excluding hydrogens is 248 g/mol. The molecule has 7 heteroatoms. The van der Waals surface area contributed by atoms with Gasteiger partial charge in [0, 0.05) is 7.05 Å². The quantitative estimate of drug-likeness (QED) is 0.468. The number of carbonyl (C=O) groups is 1. The molecule has 0 atom stereocenters. The Balaban J connectivity index is 3.09. The van der Waals surface area contributed by atoms with Gasteiger partial charge < -0.3 is 9.64 Å². The normalized spacial score (nSPS) is 9.82. The Kier molecular flexibility index (Phi) is 4.28. The van der Waals surface area contributed by atoms with E-state index in [0.717, 1.165) is 0 Å². The van der Waals surface area contributed by atoms with Crippen molar-refractivity contribution in [3.05, 3.63) is 33.3 Å². The number of carbonyl (C=O) groups excluding carboxylic acids is 1. The zero-order valence-electron chi connectivity index (χ0n) is 9.34. The molecular formula is C10H11ClN2O4. The number of anilines is 1. The van der Waals surface area contributed by atoms with Crippen molar-refractivity contribution in [3.8, 4) is 0 Å². The summed E-state index contributed by atoms with van der Waals surface area (Å²) in [4.78, 5) is 22.8. The molecule has 0 saturated carbocycles. The van der Waals surface area contributed by atoms with Crippen molar-refractivity contribution in [1.29, 1.82) is 0 Å². The van der Waals surface area contributed by atoms with Crippen LogP contribution in [0.2, 0.25) is 5.02 Å². The first-order valence-electron chi connectivity index (χ1n) is 4.68. The fraction of sp³-hybridized carbons (Fsp3) is 0.300. The number of nitrogens with zero attached hydrogens (tertiary/aromatic N) is 2. The Labute approximate surface area is 103 Å². The highest BCUT2D eigenvalue weighted by Crippen LogP contribution is 2.34. The summed E-state index contributed by atoms with van der Waals surface area (Å²) in [7, 11) is 2.80. The van der Waals surface area contributed by atoms with Crippen LogP contribution in [0.25, 0.3) is 0 Å². The molecule has 0 spiro atoms. The second kappa shape index (κ2) is 5.49. The topological polar surface area (TPSA) is 72.7 Å². The van der Waals surface area contributed by atoms with Gasteiger partial charge in [0.1, 0.15) is 17.3 Å². The van der Waals surface area contributed by atoms with Crippen LogP contribution in [0.3, 0.4) is 0 Å². The smallest absolute Gasteiger partial charge is 0.325 e. The van der Waals surface area contributed by atoms with Crippen molar-refractivity contribution < 1.29 is 14.5 Å². The van der Waals surface area contributed by atoms with Gasteiger partial charge in [-0.2, -0.15) is 0 Å². The molecule has 0 amide bonds. The van der Waals surface area contributed by atoms with E-state index in [1.807, 2.05) is 0 Å². The number of methoxy groups -OCH3 is 1. The van der Waals surface area contributed by atoms with E-state index in [4.69, 9.17) is 11.6 Å². The largest absolute Gasteiger partial charge is 0.468 e. The minimum Gasteiger partial charge on any atom is -0.468 e. The first-order valence-corrected chi connectivity index (χ1v) is 5.06. The van der Waals surface area contributed by atoms with E-state index >= 15 is 0 Å². The number of hydrogen-bond donors (Lipinski definition) is 0. The van der Waals surface area contributed by atoms with Crippen LogP contribution in [0.1, 0.15) is 0 Å². The van der Waals surface area contributed by atoms with Crippen LogP contribution in [0, 0.1) is 10.1 Å². The van der Waals surface area contributed by atoms with E-state index in [1.165, 1.54) is 24.1 Å². The lowest BCUT2D eigenvalue weighted by atomic mass is 10.2. The number of benzene rings is 1. The van der Waals surface area contributed by atoms with E-state index < -0.39 is 10.9 Å². The van der Waals surface area contributed by atoms with Crippen molar-refractivity contribution in [1.82, 2.24) is 0 Å². The minimum absolute atomic E-state index is 0.0317. The monoisotopic (exact) mass is 258 g/mol. The Morgan fingerprint density at radius 3 is 2.76 bits per heavy atom. The zero-order valence-corrected chi connectivity index (χ0v) is 10.1. The van der Waals surface area contributed by atoms with Crippen LogP contribution >= 0.6 is 11.6 Å². The summed E-state index contributed by atoms with van der Waals surface area (Å²) in [5.74, 6) is -0.484. The van der Waals surface area contributed by atoms with E-state index in [2.05, 4.69) is 4.74 Å². The van der Waals surface area contributed by atoms with Gasteiger partial charge in [-0.05, 0) is 12.1 Å². The Morgan fingerprint density at radius 2 is 2.24 bits per heavy atom. The Bertz CT molecular complexity index is 450. The zero-order chi connectivity index (χ0) is 13.0. The van der Waals surface area contributed by atoms with Crippen LogP contribution < -0.4 is 4.90 Å². The molecule has 0 fully saturated rings. The standard InChI is InChI=1S/C10H11ClN2O4/c1-12(6-9(14)17-2)8-5-3-4-7(11)10(8)13(15)16/h3-5H,6H2,1-2H3. The van der Waals surface area contributed by atoms with Gasteiger partial charge in [0.05, 0.1) is 12.0 Å². The summed E-state index contributed by atoms with van der Waals surface area (Å²) in [5.41, 5.74) is 0.0495. The van der Waals surface area contributed by atoms with Crippen LogP contribution in [0.5, 0.6) is 0 Å². The molecule has 1 aromatic rings. The summed E-state index contributed by atoms with van der Waals surface area (Å²) >= 11 is 5.75. The highest BCUT2D eigenvalue weighted by atomic mass is 35.5. The third-order valence-corrected chi connectivity index (χ3v) is 2.46. The number of esters is 1. The molecule has 0 aromatic heterocycles. The number of likely N-dealkylation sites (N-methyl/N-ethyl adjacent to an activating group) is 1. The molecule has 1 rings (SSSR count). The summed E-state index contributed by atoms with van der Waals surface area (Å²) in [6.45, 7) is -0.0856. The maximum Gasteiger partial charge on any atom is 0.325 e. The van der Waals surface area contributed by atoms with E-state index in [9.17, 15) is 14.9 Å². The number of nitro benzene ring substituents is 1. The van der Waals surface area contributed by atoms with Gasteiger partial charge in [0.2, 0.25) is 0 Å². The SMILES string of the molecule is COC(=O)CN(C)c1cccc(Cl)c1[N+](=O)[O-]. The average Bonchev–Trinajstić information content (AvgIpc) is 2.27. The third kappa shape index (κ3) is 3.07. The van der Waals surface area contributed by atoms with Crippen molar-refractivity contribution in [2.75, 3.05) is 25.6 Å². The van der Waals surface area contributed by atoms with Crippen molar-refractivity contribution >= 4 is 28.9 Å². The molecule has 0 heterocycles. The molecule has 0 aliphatic carbocycles. The lowest BCUT2D eigenvalue weighted by Crippen LogP contribution is -2.27. The molecule has 6 nitrogen and oxygen atoms in total. The van der Waals surface area contributed by atoms with Gasteiger partial charge in [-0.1, -0.05) is 17.7 Å². The van der Waals surface area contributed by atoms with E-state index in [1.54, 1.807) is 13.1 Å². The van der Waals surface area contributed by atoms with Gasteiger partial charge in [-0.15, -0.1) is 0 Å². The number of hydrogen-bond acceptors (Lipinski definition) is 5. The molecule has 92 valence electrons. The van der Waals surface area contributed by atoms with Gasteiger partial charge in [0.15, 0.2) is 0 Å². The van der Waals surface area contributed by atoms with Gasteiger partial charge in [0.25, 0.3) is 0 Å². The molecule has 0 N–H and O–H groups in total. The molecule has 17 heavy (non-hydrogen) atoms. The molecule has 1 aromatic carbocycles. The average molecular weight is 259 g/mol. The lowest BCUT2D eigenvalue weighted by Gasteiger charge is -2.17. The molecule has 0 aliphatic heterocycles. The Morgan fingerprint density at radius 1 is 1.59 bits per heavy atom. The fourth-order valence-electron chi connectivity index (χ4n) is 1.34. The van der Waals surface area contributed by atoms with Gasteiger partial charge in [-0.3, -0.25) is 14.9 Å². The van der Waals surface area contributed by atoms with Crippen LogP contribution in [-0.4, -0.2) is 31.6 Å². The first kappa shape index (κ1) is 13.2. The summed E-state index contributed by atoms with van der Waals surface area (Å²) < 4.78 is 4.49. The number of ether oxygens (including phenoxy) is 1. The van der Waals surface area contributed by atoms with Crippen LogP contribution in [0.4, 0.5) is 11.4 Å². The van der Waals surface area contributed by atoms with Crippen molar-refractivity contribution in [3.63, 3.8) is 0 Å². The second-order valence-electron chi connectivity index (χ2n) is 3.30. The summed E-state index contributed by atoms with van der Waals surface area (Å²) in [6, 6.07) is 4.53. The predicted molar refractivity (Wildman–Crippen MR) is 63.4 cm³/mol. The van der Waals surface area contributed by atoms with Gasteiger partial charge >= 0.3 is 11.7 Å². The fourth-order valence-corrected chi connectivity index (χ4v) is 1.57. The highest BCUT2D eigenvalue weighted by molar-refractivity contribution is 6.33. The second-order valence-corrected chi connectivity index (χ2v) is 3.70. The third-order valence-electron chi connectivity index (χ3n) is 2.15. The molecule has 0 unspecified atom stereocenters. The van der Waals surface area contributed by atoms with Gasteiger partial charge in [-0.25, -0.2) is 0 Å². The first-order chi connectivity index (χ1) is 7.97. The number of rotatable bonds is 4. The molecule has 0 radical (unpaired) electrons. The molecule has 0 aliphatic rings. The minimum atomic E-state index is -0.578. The lowest BCUT2D eigenvalue weighted by molar-refractivity contribution is -0.384. The van der Waals surface area contributed by atoms with Crippen molar-refractivity contribution in [2.45, 2.75) is 0 Å². The number of para-hydroxylation sites is 1. The summed E-state index contributed by atoms with van der Waals surface area (Å²) in [6.07, 6.45) is 0. The van der Waals surface area contributed by atoms with Crippen LogP contribution in [-0.2, 0) is 9.53 Å². The molecule has 0 bridgehead atoms. The maximum absolute atomic E-state index is 11.1. The van der Waals surface area contributed by atoms with E-state index in [0.29, 0.717) is 0 Å². The van der Waals surface area contributed by atoms with Crippen molar-refractivity contribution in [2.24, 2.45) is 0 Å². The highest BCUT2D eigenvalue weighted by Gasteiger charge is 2.22. The summed E-state index contributed by atoms with van der Waals surface area (Å²) in [5, 5.41) is 10.9. The molecule has 0 saturated heterocycles. The maximum atomic E-state index is 11.1. The number of halogens is 1. The Hall–Kier alpha value is -1.82. The number of nitro groups is 1. The van der Waals surface area contributed by atoms with Crippen LogP contribution in [0.15, 0.2) is 18.2 Å². The predicted octanol–water partition coefficient (Wildman–Crippen LogP) is 1.86.